The van der Waals surface area contributed by atoms with Crippen LogP contribution in [0.3, 0.4) is 0 Å². The molecular formula is C33H37F3N6. The Morgan fingerprint density at radius 2 is 1.60 bits per heavy atom. The highest BCUT2D eigenvalue weighted by Crippen LogP contribution is 2.32. The first-order chi connectivity index (χ1) is 20.1. The van der Waals surface area contributed by atoms with Crippen molar-refractivity contribution < 1.29 is 13.2 Å². The van der Waals surface area contributed by atoms with Crippen molar-refractivity contribution in [2.75, 3.05) is 29.9 Å². The molecule has 0 saturated carbocycles. The molecule has 0 aliphatic carbocycles. The zero-order valence-corrected chi connectivity index (χ0v) is 24.5. The lowest BCUT2D eigenvalue weighted by Gasteiger charge is -2.40. The smallest absolute Gasteiger partial charge is 0.345 e. The molecule has 0 spiro atoms. The second-order valence-electron chi connectivity index (χ2n) is 11.2. The second-order valence-corrected chi connectivity index (χ2v) is 11.2. The summed E-state index contributed by atoms with van der Waals surface area (Å²) in [5.74, 6) is 0.582. The van der Waals surface area contributed by atoms with Crippen LogP contribution in [0.15, 0.2) is 79.1 Å². The fourth-order valence-corrected chi connectivity index (χ4v) is 5.50. The normalized spacial score (nSPS) is 14.8. The minimum absolute atomic E-state index is 0.229. The van der Waals surface area contributed by atoms with Crippen molar-refractivity contribution >= 4 is 17.3 Å². The molecule has 0 bridgehead atoms. The van der Waals surface area contributed by atoms with Crippen LogP contribution in [0.5, 0.6) is 0 Å². The number of piperidine rings is 1. The number of rotatable bonds is 8. The predicted molar refractivity (Wildman–Crippen MR) is 162 cm³/mol. The maximum Gasteiger partial charge on any atom is 0.416 e. The van der Waals surface area contributed by atoms with Crippen LogP contribution in [0.1, 0.15) is 43.5 Å². The minimum Gasteiger partial charge on any atom is -0.345 e. The Kier molecular flexibility index (Phi) is 8.77. The third kappa shape index (κ3) is 6.90. The minimum atomic E-state index is -4.38. The van der Waals surface area contributed by atoms with Gasteiger partial charge < -0.3 is 14.7 Å². The summed E-state index contributed by atoms with van der Waals surface area (Å²) >= 11 is 0. The number of likely N-dealkylation sites (tertiary alicyclic amines) is 1. The lowest BCUT2D eigenvalue weighted by Crippen LogP contribution is -2.47. The summed E-state index contributed by atoms with van der Waals surface area (Å²) < 4.78 is 39.4. The van der Waals surface area contributed by atoms with Crippen molar-refractivity contribution in [2.45, 2.75) is 58.4 Å². The zero-order valence-electron chi connectivity index (χ0n) is 24.5. The molecule has 0 N–H and O–H groups in total. The molecule has 1 fully saturated rings. The Labute approximate surface area is 245 Å². The Balaban J connectivity index is 1.45. The summed E-state index contributed by atoms with van der Waals surface area (Å²) in [5.41, 5.74) is 4.75. The van der Waals surface area contributed by atoms with Crippen LogP contribution in [-0.4, -0.2) is 52.1 Å². The number of hydrogen-bond acceptors (Lipinski definition) is 6. The van der Waals surface area contributed by atoms with Crippen molar-refractivity contribution in [1.82, 2.24) is 19.9 Å². The number of alkyl halides is 3. The van der Waals surface area contributed by atoms with Crippen LogP contribution >= 0.6 is 0 Å². The first-order valence-electron chi connectivity index (χ1n) is 14.3. The number of halogens is 3. The van der Waals surface area contributed by atoms with E-state index in [0.717, 1.165) is 60.7 Å². The van der Waals surface area contributed by atoms with Gasteiger partial charge in [0.2, 0.25) is 5.95 Å². The predicted octanol–water partition coefficient (Wildman–Crippen LogP) is 7.51. The first kappa shape index (κ1) is 29.5. The van der Waals surface area contributed by atoms with Gasteiger partial charge in [0.25, 0.3) is 0 Å². The molecule has 9 heteroatoms. The Hall–Kier alpha value is -3.98. The molecule has 1 saturated heterocycles. The highest BCUT2D eigenvalue weighted by Gasteiger charge is 2.30. The Morgan fingerprint density at radius 3 is 2.26 bits per heavy atom. The van der Waals surface area contributed by atoms with E-state index < -0.39 is 11.7 Å². The van der Waals surface area contributed by atoms with E-state index in [0.29, 0.717) is 29.8 Å². The average Bonchev–Trinajstić information content (AvgIpc) is 2.99. The molecule has 0 radical (unpaired) electrons. The van der Waals surface area contributed by atoms with Crippen LogP contribution in [0.25, 0.3) is 11.3 Å². The number of nitrogens with zero attached hydrogens (tertiary/aromatic N) is 6. The second kappa shape index (κ2) is 12.5. The number of hydrogen-bond donors (Lipinski definition) is 0. The van der Waals surface area contributed by atoms with Gasteiger partial charge in [0.15, 0.2) is 0 Å². The number of aromatic nitrogens is 3. The molecule has 2 aromatic carbocycles. The Bertz CT molecular complexity index is 1480. The van der Waals surface area contributed by atoms with Gasteiger partial charge in [-0.3, -0.25) is 4.98 Å². The molecule has 0 atom stereocenters. The standard InChI is InChI=1S/C33H37F3N6/c1-23(2)41-18-14-28(15-19-41)42(22-25-6-5-7-29(21-25)40(4)30-12-16-37-24(3)20-30)32-38-17-13-31(39-32)26-8-10-27(11-9-26)33(34,35)36/h5-13,16-17,20-21,23,28H,14-15,18-19,22H2,1-4H3. The van der Waals surface area contributed by atoms with Crippen LogP contribution in [-0.2, 0) is 12.7 Å². The van der Waals surface area contributed by atoms with E-state index in [1.165, 1.54) is 12.1 Å². The van der Waals surface area contributed by atoms with Crippen molar-refractivity contribution in [2.24, 2.45) is 0 Å². The van der Waals surface area contributed by atoms with Crippen molar-refractivity contribution in [3.05, 3.63) is 95.9 Å². The summed E-state index contributed by atoms with van der Waals surface area (Å²) in [4.78, 5) is 20.8. The van der Waals surface area contributed by atoms with Gasteiger partial charge in [-0.15, -0.1) is 0 Å². The van der Waals surface area contributed by atoms with E-state index in [1.807, 2.05) is 26.2 Å². The van der Waals surface area contributed by atoms with Crippen LogP contribution in [0.4, 0.5) is 30.5 Å². The third-order valence-corrected chi connectivity index (χ3v) is 8.00. The van der Waals surface area contributed by atoms with E-state index in [4.69, 9.17) is 4.98 Å². The maximum absolute atomic E-state index is 13.1. The van der Waals surface area contributed by atoms with E-state index >= 15 is 0 Å². The molecule has 2 aromatic heterocycles. The molecule has 220 valence electrons. The quantitative estimate of drug-likeness (QED) is 0.217. The fourth-order valence-electron chi connectivity index (χ4n) is 5.50. The monoisotopic (exact) mass is 574 g/mol. The lowest BCUT2D eigenvalue weighted by molar-refractivity contribution is -0.137. The van der Waals surface area contributed by atoms with Crippen molar-refractivity contribution in [3.63, 3.8) is 0 Å². The zero-order chi connectivity index (χ0) is 29.9. The third-order valence-electron chi connectivity index (χ3n) is 8.00. The topological polar surface area (TPSA) is 48.4 Å². The summed E-state index contributed by atoms with van der Waals surface area (Å²) in [7, 11) is 2.05. The van der Waals surface area contributed by atoms with E-state index in [1.54, 1.807) is 12.3 Å². The number of benzene rings is 2. The fraction of sp³-hybridized carbons (Fsp3) is 0.364. The summed E-state index contributed by atoms with van der Waals surface area (Å²) in [5, 5.41) is 0. The van der Waals surface area contributed by atoms with Gasteiger partial charge in [0, 0.05) is 73.8 Å². The summed E-state index contributed by atoms with van der Waals surface area (Å²) in [6.07, 6.45) is 1.08. The van der Waals surface area contributed by atoms with E-state index in [-0.39, 0.29) is 6.04 Å². The van der Waals surface area contributed by atoms with Crippen LogP contribution < -0.4 is 9.80 Å². The van der Waals surface area contributed by atoms with Crippen molar-refractivity contribution in [1.29, 1.82) is 0 Å². The molecule has 3 heterocycles. The van der Waals surface area contributed by atoms with Gasteiger partial charge in [-0.05, 0) is 81.6 Å². The number of aryl methyl sites for hydroxylation is 1. The largest absolute Gasteiger partial charge is 0.416 e. The average molecular weight is 575 g/mol. The van der Waals surface area contributed by atoms with Gasteiger partial charge in [0.1, 0.15) is 0 Å². The number of pyridine rings is 1. The van der Waals surface area contributed by atoms with Crippen molar-refractivity contribution in [3.8, 4) is 11.3 Å². The molecule has 42 heavy (non-hydrogen) atoms. The molecule has 1 aliphatic rings. The lowest BCUT2D eigenvalue weighted by atomic mass is 10.0. The molecule has 4 aromatic rings. The number of anilines is 3. The highest BCUT2D eigenvalue weighted by molar-refractivity contribution is 5.64. The molecule has 1 aliphatic heterocycles. The maximum atomic E-state index is 13.1. The van der Waals surface area contributed by atoms with Gasteiger partial charge in [-0.1, -0.05) is 24.3 Å². The van der Waals surface area contributed by atoms with Gasteiger partial charge >= 0.3 is 6.18 Å². The first-order valence-corrected chi connectivity index (χ1v) is 14.3. The molecular weight excluding hydrogens is 537 g/mol. The van der Waals surface area contributed by atoms with E-state index in [2.05, 4.69) is 68.8 Å². The van der Waals surface area contributed by atoms with Crippen LogP contribution in [0, 0.1) is 6.92 Å². The molecule has 5 rings (SSSR count). The molecule has 0 amide bonds. The Morgan fingerprint density at radius 1 is 0.905 bits per heavy atom. The van der Waals surface area contributed by atoms with E-state index in [9.17, 15) is 13.2 Å². The summed E-state index contributed by atoms with van der Waals surface area (Å²) in [6.45, 7) is 9.01. The van der Waals surface area contributed by atoms with Crippen LogP contribution in [0.2, 0.25) is 0 Å². The molecule has 6 nitrogen and oxygen atoms in total. The van der Waals surface area contributed by atoms with Gasteiger partial charge in [-0.25, -0.2) is 9.97 Å². The van der Waals surface area contributed by atoms with Gasteiger partial charge in [-0.2, -0.15) is 13.2 Å². The molecule has 0 unspecified atom stereocenters. The summed E-state index contributed by atoms with van der Waals surface area (Å²) in [6, 6.07) is 20.1. The highest BCUT2D eigenvalue weighted by atomic mass is 19.4. The SMILES string of the molecule is Cc1cc(N(C)c2cccc(CN(c3nccc(-c4ccc(C(F)(F)F)cc4)n3)C3CCN(C(C)C)CC3)c2)ccn1. The van der Waals surface area contributed by atoms with Gasteiger partial charge in [0.05, 0.1) is 11.3 Å².